The van der Waals surface area contributed by atoms with Crippen molar-refractivity contribution in [2.24, 2.45) is 11.8 Å². The summed E-state index contributed by atoms with van der Waals surface area (Å²) in [5.41, 5.74) is 0.668. The zero-order valence-corrected chi connectivity index (χ0v) is 22.1. The molecule has 2 aromatic rings. The zero-order valence-electron chi connectivity index (χ0n) is 18.9. The van der Waals surface area contributed by atoms with Crippen molar-refractivity contribution in [2.45, 2.75) is 52.9 Å². The number of ketones is 1. The van der Waals surface area contributed by atoms with Crippen LogP contribution in [0.3, 0.4) is 0 Å². The molecule has 0 aromatic carbocycles. The fourth-order valence-electron chi connectivity index (χ4n) is 3.67. The second kappa shape index (κ2) is 11.0. The minimum atomic E-state index is -0.483. The molecule has 2 aromatic heterocycles. The van der Waals surface area contributed by atoms with Gasteiger partial charge in [0.15, 0.2) is 9.05 Å². The number of nitrogens with one attached hydrogen (secondary N) is 1. The third-order valence-electron chi connectivity index (χ3n) is 5.56. The lowest BCUT2D eigenvalue weighted by atomic mass is 9.81. The predicted octanol–water partition coefficient (Wildman–Crippen LogP) is 3.85. The topological polar surface area (TPSA) is 117 Å². The van der Waals surface area contributed by atoms with E-state index in [9.17, 15) is 14.4 Å². The van der Waals surface area contributed by atoms with Crippen molar-refractivity contribution in [2.75, 3.05) is 18.5 Å². The lowest BCUT2D eigenvalue weighted by Crippen LogP contribution is -2.54. The minimum Gasteiger partial charge on any atom is -0.463 e. The van der Waals surface area contributed by atoms with E-state index in [1.54, 1.807) is 6.92 Å². The molecule has 0 aliphatic carbocycles. The van der Waals surface area contributed by atoms with Crippen molar-refractivity contribution in [3.8, 4) is 0 Å². The van der Waals surface area contributed by atoms with Crippen LogP contribution in [0.5, 0.6) is 0 Å². The molecule has 0 bridgehead atoms. The fourth-order valence-corrected chi connectivity index (χ4v) is 6.00. The van der Waals surface area contributed by atoms with Crippen molar-refractivity contribution >= 4 is 61.5 Å². The molecule has 0 saturated carbocycles. The van der Waals surface area contributed by atoms with E-state index >= 15 is 0 Å². The number of hydrogen-bond acceptors (Lipinski definition) is 11. The maximum Gasteiger partial charge on any atom is 0.303 e. The van der Waals surface area contributed by atoms with Crippen LogP contribution in [0.1, 0.15) is 47.9 Å². The summed E-state index contributed by atoms with van der Waals surface area (Å²) in [5.74, 6) is -0.901. The average molecular weight is 560 g/mol. The molecule has 1 aliphatic heterocycles. The number of thiazole rings is 2. The standard InChI is InChI=1S/C21H26BrN3O6S2/c1-9-10(2)18(30-13(5)27)14(31-15(9)8-29-12(4)26)6-23-21-24-7-16(32-21)17(28)19-11(3)25-20(22)33-19/h7,9-10,14-15,18H,6,8H2,1-5H3,(H,23,24). The van der Waals surface area contributed by atoms with E-state index in [0.717, 1.165) is 0 Å². The Hall–Kier alpha value is -1.89. The summed E-state index contributed by atoms with van der Waals surface area (Å²) < 4.78 is 17.6. The summed E-state index contributed by atoms with van der Waals surface area (Å²) in [6.07, 6.45) is 0.242. The molecule has 1 aliphatic rings. The Labute approximate surface area is 208 Å². The molecule has 5 unspecified atom stereocenters. The lowest BCUT2D eigenvalue weighted by molar-refractivity contribution is -0.200. The van der Waals surface area contributed by atoms with Gasteiger partial charge in [-0.15, -0.1) is 11.3 Å². The molecule has 12 heteroatoms. The molecule has 1 N–H and O–H groups in total. The van der Waals surface area contributed by atoms with Crippen molar-refractivity contribution in [1.82, 2.24) is 9.97 Å². The van der Waals surface area contributed by atoms with Gasteiger partial charge in [0.1, 0.15) is 18.8 Å². The number of anilines is 1. The van der Waals surface area contributed by atoms with Crippen molar-refractivity contribution in [3.05, 3.63) is 25.6 Å². The first-order chi connectivity index (χ1) is 15.6. The quantitative estimate of drug-likeness (QED) is 0.380. The van der Waals surface area contributed by atoms with Crippen LogP contribution in [-0.4, -0.2) is 59.2 Å². The van der Waals surface area contributed by atoms with E-state index in [4.69, 9.17) is 14.2 Å². The molecule has 0 spiro atoms. The van der Waals surface area contributed by atoms with Gasteiger partial charge >= 0.3 is 11.9 Å². The van der Waals surface area contributed by atoms with Crippen LogP contribution in [0.15, 0.2) is 10.1 Å². The number of aromatic nitrogens is 2. The summed E-state index contributed by atoms with van der Waals surface area (Å²) in [6.45, 7) is 8.92. The minimum absolute atomic E-state index is 0.0102. The first-order valence-electron chi connectivity index (χ1n) is 10.4. The van der Waals surface area contributed by atoms with Crippen molar-refractivity contribution in [1.29, 1.82) is 0 Å². The summed E-state index contributed by atoms with van der Waals surface area (Å²) in [5, 5.41) is 3.74. The highest BCUT2D eigenvalue weighted by molar-refractivity contribution is 9.11. The summed E-state index contributed by atoms with van der Waals surface area (Å²) in [4.78, 5) is 45.4. The van der Waals surface area contributed by atoms with Crippen LogP contribution < -0.4 is 5.32 Å². The van der Waals surface area contributed by atoms with Crippen molar-refractivity contribution in [3.63, 3.8) is 0 Å². The molecule has 0 amide bonds. The first kappa shape index (κ1) is 25.7. The summed E-state index contributed by atoms with van der Waals surface area (Å²) >= 11 is 5.83. The van der Waals surface area contributed by atoms with Crippen LogP contribution >= 0.6 is 38.6 Å². The van der Waals surface area contributed by atoms with Crippen LogP contribution in [0.25, 0.3) is 0 Å². The van der Waals surface area contributed by atoms with Crippen molar-refractivity contribution < 1.29 is 28.6 Å². The molecular formula is C21H26BrN3O6S2. The largest absolute Gasteiger partial charge is 0.463 e. The smallest absolute Gasteiger partial charge is 0.303 e. The Balaban J connectivity index is 1.70. The van der Waals surface area contributed by atoms with Gasteiger partial charge in [0.25, 0.3) is 0 Å². The van der Waals surface area contributed by atoms with Gasteiger partial charge in [-0.05, 0) is 28.8 Å². The SMILES string of the molecule is CC(=O)OCC1OC(CNc2ncc(C(=O)c3sc(Br)nc3C)s2)C(OC(C)=O)C(C)C1C. The number of ether oxygens (including phenoxy) is 3. The van der Waals surface area contributed by atoms with Crippen LogP contribution in [0.2, 0.25) is 0 Å². The van der Waals surface area contributed by atoms with Crippen LogP contribution in [0.4, 0.5) is 5.13 Å². The Morgan fingerprint density at radius 1 is 1.15 bits per heavy atom. The third-order valence-corrected chi connectivity index (χ3v) is 8.12. The maximum atomic E-state index is 12.8. The van der Waals surface area contributed by atoms with E-state index in [1.807, 2.05) is 13.8 Å². The molecule has 3 rings (SSSR count). The molecule has 5 atom stereocenters. The Morgan fingerprint density at radius 2 is 1.88 bits per heavy atom. The van der Waals surface area contributed by atoms with E-state index in [0.29, 0.717) is 31.0 Å². The number of aryl methyl sites for hydroxylation is 1. The summed E-state index contributed by atoms with van der Waals surface area (Å²) in [6, 6.07) is 0. The van der Waals surface area contributed by atoms with Crippen LogP contribution in [-0.2, 0) is 23.8 Å². The first-order valence-corrected chi connectivity index (χ1v) is 12.8. The highest BCUT2D eigenvalue weighted by atomic mass is 79.9. The highest BCUT2D eigenvalue weighted by Crippen LogP contribution is 2.34. The summed E-state index contributed by atoms with van der Waals surface area (Å²) in [7, 11) is 0. The normalized spacial score (nSPS) is 24.8. The predicted molar refractivity (Wildman–Crippen MR) is 128 cm³/mol. The molecule has 9 nitrogen and oxygen atoms in total. The van der Waals surface area contributed by atoms with Gasteiger partial charge in [0.2, 0.25) is 5.78 Å². The number of nitrogens with zero attached hydrogens (tertiary/aromatic N) is 2. The van der Waals surface area contributed by atoms with Gasteiger partial charge < -0.3 is 19.5 Å². The van der Waals surface area contributed by atoms with Crippen LogP contribution in [0, 0.1) is 18.8 Å². The monoisotopic (exact) mass is 559 g/mol. The molecule has 180 valence electrons. The molecule has 0 radical (unpaired) electrons. The number of hydrogen-bond donors (Lipinski definition) is 1. The maximum absolute atomic E-state index is 12.8. The van der Waals surface area contributed by atoms with Gasteiger partial charge in [0, 0.05) is 26.3 Å². The van der Waals surface area contributed by atoms with E-state index < -0.39 is 12.2 Å². The molecule has 3 heterocycles. The fraction of sp³-hybridized carbons (Fsp3) is 0.571. The zero-order chi connectivity index (χ0) is 24.3. The average Bonchev–Trinajstić information content (AvgIpc) is 3.35. The lowest BCUT2D eigenvalue weighted by Gasteiger charge is -2.44. The van der Waals surface area contributed by atoms with Gasteiger partial charge in [-0.2, -0.15) is 0 Å². The highest BCUT2D eigenvalue weighted by Gasteiger charge is 2.43. The molecule has 1 fully saturated rings. The Morgan fingerprint density at radius 3 is 2.48 bits per heavy atom. The molecule has 1 saturated heterocycles. The number of carbonyl (C=O) groups excluding carboxylic acids is 3. The van der Waals surface area contributed by atoms with Gasteiger partial charge in [-0.1, -0.05) is 25.2 Å². The molecular weight excluding hydrogens is 534 g/mol. The third kappa shape index (κ3) is 6.37. The van der Waals surface area contributed by atoms with E-state index in [2.05, 4.69) is 31.2 Å². The second-order valence-electron chi connectivity index (χ2n) is 7.93. The molecule has 33 heavy (non-hydrogen) atoms. The number of halogens is 1. The number of rotatable bonds is 8. The Bertz CT molecular complexity index is 1020. The van der Waals surface area contributed by atoms with Gasteiger partial charge in [-0.25, -0.2) is 9.97 Å². The number of carbonyl (C=O) groups is 3. The second-order valence-corrected chi connectivity index (χ2v) is 11.2. The van der Waals surface area contributed by atoms with Gasteiger partial charge in [0.05, 0.1) is 27.7 Å². The number of esters is 2. The van der Waals surface area contributed by atoms with Gasteiger partial charge in [-0.3, -0.25) is 14.4 Å². The van der Waals surface area contributed by atoms with E-state index in [-0.39, 0.29) is 42.3 Å². The Kier molecular flexibility index (Phi) is 8.59. The van der Waals surface area contributed by atoms with E-state index in [1.165, 1.54) is 42.7 Å².